The third kappa shape index (κ3) is 2.16. The van der Waals surface area contributed by atoms with Crippen LogP contribution >= 0.6 is 0 Å². The molecule has 4 nitrogen and oxygen atoms in total. The summed E-state index contributed by atoms with van der Waals surface area (Å²) in [6.07, 6.45) is -5.18. The molecule has 1 aliphatic heterocycles. The molecule has 21 heavy (non-hydrogen) atoms. The topological polar surface area (TPSA) is 55.8 Å². The molecule has 1 N–H and O–H groups in total. The Morgan fingerprint density at radius 2 is 1.81 bits per heavy atom. The second kappa shape index (κ2) is 4.37. The highest BCUT2D eigenvalue weighted by atomic mass is 19.4. The second-order valence-corrected chi connectivity index (χ2v) is 5.90. The van der Waals surface area contributed by atoms with Crippen LogP contribution in [0.15, 0.2) is 12.1 Å². The summed E-state index contributed by atoms with van der Waals surface area (Å²) < 4.78 is 49.2. The maximum atomic E-state index is 13.1. The van der Waals surface area contributed by atoms with Gasteiger partial charge in [0.25, 0.3) is 5.60 Å². The number of hydrogen-bond acceptors (Lipinski definition) is 4. The molecule has 116 valence electrons. The Labute approximate surface area is 119 Å². The van der Waals surface area contributed by atoms with E-state index >= 15 is 0 Å². The van der Waals surface area contributed by atoms with Crippen LogP contribution in [0.5, 0.6) is 11.5 Å². The van der Waals surface area contributed by atoms with Gasteiger partial charge in [-0.15, -0.1) is 0 Å². The van der Waals surface area contributed by atoms with E-state index in [1.54, 1.807) is 20.8 Å². The summed E-state index contributed by atoms with van der Waals surface area (Å²) >= 11 is 0. The standard InChI is InChI=1S/C14H15F3O4/c1-12(2,3)8-5-7(20-4)6-9-10(8)21-11(18)13(9,19)14(15,16)17/h5-6,19H,1-4H3/t13-/m0/s1. The monoisotopic (exact) mass is 304 g/mol. The van der Waals surface area contributed by atoms with Crippen LogP contribution in [0.2, 0.25) is 0 Å². The number of fused-ring (bicyclic) bond motifs is 1. The number of hydrogen-bond donors (Lipinski definition) is 1. The average molecular weight is 304 g/mol. The molecular formula is C14H15F3O4. The predicted molar refractivity (Wildman–Crippen MR) is 67.3 cm³/mol. The minimum absolute atomic E-state index is 0.111. The minimum atomic E-state index is -5.18. The van der Waals surface area contributed by atoms with Gasteiger partial charge in [0.2, 0.25) is 0 Å². The van der Waals surface area contributed by atoms with Crippen molar-refractivity contribution in [3.8, 4) is 11.5 Å². The highest BCUT2D eigenvalue weighted by Crippen LogP contribution is 2.52. The third-order valence-electron chi connectivity index (χ3n) is 3.40. The lowest BCUT2D eigenvalue weighted by molar-refractivity contribution is -0.258. The molecule has 0 bridgehead atoms. The van der Waals surface area contributed by atoms with Crippen LogP contribution in [0.1, 0.15) is 31.9 Å². The van der Waals surface area contributed by atoms with Crippen LogP contribution in [0.4, 0.5) is 13.2 Å². The fraction of sp³-hybridized carbons (Fsp3) is 0.500. The molecule has 2 rings (SSSR count). The quantitative estimate of drug-likeness (QED) is 0.640. The number of halogens is 3. The van der Waals surface area contributed by atoms with E-state index in [0.29, 0.717) is 5.56 Å². The number of carbonyl (C=O) groups is 1. The summed E-state index contributed by atoms with van der Waals surface area (Å²) in [5, 5.41) is 9.90. The van der Waals surface area contributed by atoms with Gasteiger partial charge in [-0.3, -0.25) is 0 Å². The van der Waals surface area contributed by atoms with E-state index in [-0.39, 0.29) is 11.5 Å². The first kappa shape index (κ1) is 15.6. The van der Waals surface area contributed by atoms with Gasteiger partial charge >= 0.3 is 12.1 Å². The van der Waals surface area contributed by atoms with E-state index in [2.05, 4.69) is 0 Å². The number of carbonyl (C=O) groups excluding carboxylic acids is 1. The number of esters is 1. The van der Waals surface area contributed by atoms with Crippen LogP contribution < -0.4 is 9.47 Å². The Morgan fingerprint density at radius 1 is 1.24 bits per heavy atom. The molecule has 0 spiro atoms. The Morgan fingerprint density at radius 3 is 2.24 bits per heavy atom. The van der Waals surface area contributed by atoms with Gasteiger partial charge < -0.3 is 14.6 Å². The predicted octanol–water partition coefficient (Wildman–Crippen LogP) is 2.66. The van der Waals surface area contributed by atoms with Gasteiger partial charge in [0.05, 0.1) is 12.7 Å². The molecule has 1 aliphatic rings. The van der Waals surface area contributed by atoms with E-state index in [9.17, 15) is 23.1 Å². The molecule has 7 heteroatoms. The zero-order valence-electron chi connectivity index (χ0n) is 12.0. The lowest BCUT2D eigenvalue weighted by atomic mass is 9.83. The SMILES string of the molecule is COc1cc(C(C)(C)C)c2c(c1)[C@@](O)(C(F)(F)F)C(=O)O2. The average Bonchev–Trinajstić information content (AvgIpc) is 2.60. The minimum Gasteiger partial charge on any atom is -0.497 e. The molecule has 0 aliphatic carbocycles. The van der Waals surface area contributed by atoms with Crippen molar-refractivity contribution in [3.63, 3.8) is 0 Å². The second-order valence-electron chi connectivity index (χ2n) is 5.90. The molecule has 0 aromatic heterocycles. The summed E-state index contributed by atoms with van der Waals surface area (Å²) in [7, 11) is 1.29. The smallest absolute Gasteiger partial charge is 0.432 e. The van der Waals surface area contributed by atoms with E-state index < -0.39 is 28.7 Å². The van der Waals surface area contributed by atoms with Gasteiger partial charge in [-0.25, -0.2) is 4.79 Å². The molecule has 1 aromatic carbocycles. The van der Waals surface area contributed by atoms with Gasteiger partial charge in [0, 0.05) is 5.56 Å². The van der Waals surface area contributed by atoms with E-state index in [0.717, 1.165) is 6.07 Å². The van der Waals surface area contributed by atoms with Gasteiger partial charge in [-0.2, -0.15) is 13.2 Å². The van der Waals surface area contributed by atoms with Crippen LogP contribution in [0.25, 0.3) is 0 Å². The zero-order valence-corrected chi connectivity index (χ0v) is 12.0. The lowest BCUT2D eigenvalue weighted by Crippen LogP contribution is -2.47. The van der Waals surface area contributed by atoms with Crippen molar-refractivity contribution in [2.24, 2.45) is 0 Å². The van der Waals surface area contributed by atoms with Crippen molar-refractivity contribution in [3.05, 3.63) is 23.3 Å². The third-order valence-corrected chi connectivity index (χ3v) is 3.40. The fourth-order valence-electron chi connectivity index (χ4n) is 2.20. The maximum Gasteiger partial charge on any atom is 0.432 e. The molecule has 0 fully saturated rings. The van der Waals surface area contributed by atoms with Crippen molar-refractivity contribution in [1.82, 2.24) is 0 Å². The van der Waals surface area contributed by atoms with Crippen LogP contribution in [0, 0.1) is 0 Å². The number of aliphatic hydroxyl groups is 1. The number of alkyl halides is 3. The molecule has 0 unspecified atom stereocenters. The zero-order chi connectivity index (χ0) is 16.2. The summed E-state index contributed by atoms with van der Waals surface area (Å²) in [4.78, 5) is 11.6. The van der Waals surface area contributed by atoms with Crippen LogP contribution in [0.3, 0.4) is 0 Å². The molecule has 0 amide bonds. The van der Waals surface area contributed by atoms with E-state index in [1.807, 2.05) is 0 Å². The van der Waals surface area contributed by atoms with Gasteiger partial charge in [-0.1, -0.05) is 20.8 Å². The summed E-state index contributed by atoms with van der Waals surface area (Å²) in [5.41, 5.74) is -4.55. The van der Waals surface area contributed by atoms with E-state index in [1.165, 1.54) is 13.2 Å². The van der Waals surface area contributed by atoms with Crippen LogP contribution in [-0.4, -0.2) is 24.4 Å². The van der Waals surface area contributed by atoms with Crippen LogP contribution in [-0.2, 0) is 15.8 Å². The molecule has 1 heterocycles. The summed E-state index contributed by atoms with van der Waals surface area (Å²) in [5.74, 6) is -1.89. The number of methoxy groups -OCH3 is 1. The summed E-state index contributed by atoms with van der Waals surface area (Å²) in [6, 6.07) is 2.47. The lowest BCUT2D eigenvalue weighted by Gasteiger charge is -2.24. The van der Waals surface area contributed by atoms with Gasteiger partial charge in [0.1, 0.15) is 11.5 Å². The van der Waals surface area contributed by atoms with E-state index in [4.69, 9.17) is 9.47 Å². The molecule has 1 atom stereocenters. The molecule has 1 aromatic rings. The first-order valence-electron chi connectivity index (χ1n) is 6.17. The highest BCUT2D eigenvalue weighted by molar-refractivity contribution is 5.90. The van der Waals surface area contributed by atoms with Crippen molar-refractivity contribution in [2.45, 2.75) is 38.0 Å². The first-order chi connectivity index (χ1) is 9.42. The number of benzene rings is 1. The van der Waals surface area contributed by atoms with Gasteiger partial charge in [0.15, 0.2) is 0 Å². The Bertz CT molecular complexity index is 601. The largest absolute Gasteiger partial charge is 0.497 e. The Kier molecular flexibility index (Phi) is 3.25. The van der Waals surface area contributed by atoms with Crippen molar-refractivity contribution >= 4 is 5.97 Å². The number of rotatable bonds is 1. The normalized spacial score (nSPS) is 22.0. The fourth-order valence-corrected chi connectivity index (χ4v) is 2.20. The summed E-state index contributed by atoms with van der Waals surface area (Å²) in [6.45, 7) is 5.25. The molecule has 0 saturated heterocycles. The molecular weight excluding hydrogens is 289 g/mol. The maximum absolute atomic E-state index is 13.1. The van der Waals surface area contributed by atoms with Gasteiger partial charge in [-0.05, 0) is 17.5 Å². The first-order valence-corrected chi connectivity index (χ1v) is 6.17. The highest BCUT2D eigenvalue weighted by Gasteiger charge is 2.67. The van der Waals surface area contributed by atoms with Crippen molar-refractivity contribution in [1.29, 1.82) is 0 Å². The molecule has 0 saturated carbocycles. The van der Waals surface area contributed by atoms with Crippen molar-refractivity contribution < 1.29 is 32.5 Å². The Hall–Kier alpha value is -1.76. The molecule has 0 radical (unpaired) electrons. The number of ether oxygens (including phenoxy) is 2. The van der Waals surface area contributed by atoms with Crippen molar-refractivity contribution in [2.75, 3.05) is 7.11 Å². The Balaban J connectivity index is 2.80.